The minimum Gasteiger partial charge on any atom is -0.492 e. The summed E-state index contributed by atoms with van der Waals surface area (Å²) >= 11 is 0. The summed E-state index contributed by atoms with van der Waals surface area (Å²) in [5, 5.41) is 8.85. The van der Waals surface area contributed by atoms with Crippen molar-refractivity contribution < 1.29 is 14.6 Å². The summed E-state index contributed by atoms with van der Waals surface area (Å²) in [4.78, 5) is 12.8. The third-order valence-electron chi connectivity index (χ3n) is 3.61. The predicted molar refractivity (Wildman–Crippen MR) is 73.5 cm³/mol. The van der Waals surface area contributed by atoms with E-state index >= 15 is 0 Å². The van der Waals surface area contributed by atoms with Crippen molar-refractivity contribution in [2.24, 2.45) is 0 Å². The van der Waals surface area contributed by atoms with Crippen LogP contribution in [-0.2, 0) is 11.2 Å². The summed E-state index contributed by atoms with van der Waals surface area (Å²) < 4.78 is 5.77. The molecular formula is C15H21NO3. The van der Waals surface area contributed by atoms with E-state index in [-0.39, 0.29) is 12.6 Å². The molecule has 0 saturated carbocycles. The monoisotopic (exact) mass is 263 g/mol. The molecule has 0 aromatic heterocycles. The van der Waals surface area contributed by atoms with Crippen LogP contribution in [-0.4, -0.2) is 41.7 Å². The first-order valence-electron chi connectivity index (χ1n) is 6.86. The summed E-state index contributed by atoms with van der Waals surface area (Å²) in [7, 11) is 0. The van der Waals surface area contributed by atoms with E-state index in [1.54, 1.807) is 0 Å². The van der Waals surface area contributed by atoms with E-state index < -0.39 is 5.97 Å². The van der Waals surface area contributed by atoms with Crippen LogP contribution in [0.1, 0.15) is 25.3 Å². The summed E-state index contributed by atoms with van der Waals surface area (Å²) in [6.45, 7) is 3.66. The van der Waals surface area contributed by atoms with Crippen molar-refractivity contribution in [3.05, 3.63) is 29.8 Å². The molecule has 4 heteroatoms. The van der Waals surface area contributed by atoms with Gasteiger partial charge in [-0.15, -0.1) is 0 Å². The average molecular weight is 263 g/mol. The second-order valence-electron chi connectivity index (χ2n) is 4.97. The summed E-state index contributed by atoms with van der Waals surface area (Å²) in [5.74, 6) is 0.0959. The van der Waals surface area contributed by atoms with Gasteiger partial charge in [0, 0.05) is 6.04 Å². The molecular weight excluding hydrogens is 242 g/mol. The largest absolute Gasteiger partial charge is 0.492 e. The number of hydrogen-bond donors (Lipinski definition) is 1. The van der Waals surface area contributed by atoms with Gasteiger partial charge in [0.2, 0.25) is 0 Å². The first-order chi connectivity index (χ1) is 9.19. The molecule has 1 aliphatic rings. The lowest BCUT2D eigenvalue weighted by molar-refractivity contribution is -0.138. The molecule has 0 amide bonds. The fourth-order valence-corrected chi connectivity index (χ4v) is 2.48. The number of ether oxygens (including phenoxy) is 1. The Labute approximate surface area is 114 Å². The quantitative estimate of drug-likeness (QED) is 0.854. The zero-order valence-corrected chi connectivity index (χ0v) is 11.3. The maximum Gasteiger partial charge on any atom is 0.317 e. The third kappa shape index (κ3) is 3.96. The van der Waals surface area contributed by atoms with Crippen molar-refractivity contribution >= 4 is 5.97 Å². The second kappa shape index (κ2) is 6.57. The fourth-order valence-electron chi connectivity index (χ4n) is 2.48. The first-order valence-corrected chi connectivity index (χ1v) is 6.86. The molecule has 1 fully saturated rings. The smallest absolute Gasteiger partial charge is 0.317 e. The molecule has 2 rings (SSSR count). The van der Waals surface area contributed by atoms with Crippen LogP contribution in [0.3, 0.4) is 0 Å². The van der Waals surface area contributed by atoms with Gasteiger partial charge in [-0.2, -0.15) is 0 Å². The van der Waals surface area contributed by atoms with Crippen molar-refractivity contribution in [1.29, 1.82) is 0 Å². The molecule has 0 bridgehead atoms. The number of benzene rings is 1. The van der Waals surface area contributed by atoms with Crippen LogP contribution < -0.4 is 4.74 Å². The van der Waals surface area contributed by atoms with Gasteiger partial charge in [-0.1, -0.05) is 19.1 Å². The molecule has 0 aliphatic carbocycles. The van der Waals surface area contributed by atoms with Crippen molar-refractivity contribution in [2.75, 3.05) is 19.7 Å². The second-order valence-corrected chi connectivity index (χ2v) is 4.97. The third-order valence-corrected chi connectivity index (χ3v) is 3.61. The number of likely N-dealkylation sites (tertiary alicyclic amines) is 1. The van der Waals surface area contributed by atoms with Gasteiger partial charge < -0.3 is 9.84 Å². The highest BCUT2D eigenvalue weighted by Gasteiger charge is 2.26. The van der Waals surface area contributed by atoms with Crippen LogP contribution >= 0.6 is 0 Å². The molecule has 0 spiro atoms. The Morgan fingerprint density at radius 1 is 1.42 bits per heavy atom. The SMILES string of the molecule is CCc1ccc(OCC2CCCN2CC(=O)O)cc1. The molecule has 1 saturated heterocycles. The van der Waals surface area contributed by atoms with Crippen molar-refractivity contribution in [1.82, 2.24) is 4.90 Å². The average Bonchev–Trinajstić information content (AvgIpc) is 2.83. The summed E-state index contributed by atoms with van der Waals surface area (Å²) in [6.07, 6.45) is 3.09. The molecule has 1 aliphatic heterocycles. The van der Waals surface area contributed by atoms with Crippen LogP contribution in [0.4, 0.5) is 0 Å². The summed E-state index contributed by atoms with van der Waals surface area (Å²) in [5.41, 5.74) is 1.29. The van der Waals surface area contributed by atoms with Crippen LogP contribution in [0.5, 0.6) is 5.75 Å². The Morgan fingerprint density at radius 3 is 2.79 bits per heavy atom. The highest BCUT2D eigenvalue weighted by molar-refractivity contribution is 5.69. The lowest BCUT2D eigenvalue weighted by Gasteiger charge is -2.22. The van der Waals surface area contributed by atoms with E-state index in [1.807, 2.05) is 17.0 Å². The van der Waals surface area contributed by atoms with Crippen molar-refractivity contribution in [2.45, 2.75) is 32.2 Å². The minimum atomic E-state index is -0.765. The number of carboxylic acids is 1. The maximum absolute atomic E-state index is 10.8. The number of rotatable bonds is 6. The van der Waals surface area contributed by atoms with Crippen LogP contribution in [0, 0.1) is 0 Å². The molecule has 1 heterocycles. The van der Waals surface area contributed by atoms with Gasteiger partial charge in [-0.3, -0.25) is 9.69 Å². The molecule has 104 valence electrons. The van der Waals surface area contributed by atoms with Gasteiger partial charge in [0.1, 0.15) is 12.4 Å². The molecule has 1 unspecified atom stereocenters. The Bertz CT molecular complexity index is 416. The van der Waals surface area contributed by atoms with Gasteiger partial charge in [0.25, 0.3) is 0 Å². The number of aryl methyl sites for hydroxylation is 1. The van der Waals surface area contributed by atoms with Gasteiger partial charge in [0.15, 0.2) is 0 Å². The lowest BCUT2D eigenvalue weighted by Crippen LogP contribution is -2.37. The molecule has 0 radical (unpaired) electrons. The molecule has 19 heavy (non-hydrogen) atoms. The predicted octanol–water partition coefficient (Wildman–Crippen LogP) is 2.18. The van der Waals surface area contributed by atoms with Crippen LogP contribution in [0.25, 0.3) is 0 Å². The van der Waals surface area contributed by atoms with Gasteiger partial charge >= 0.3 is 5.97 Å². The number of carbonyl (C=O) groups is 1. The van der Waals surface area contributed by atoms with Crippen LogP contribution in [0.15, 0.2) is 24.3 Å². The van der Waals surface area contributed by atoms with E-state index in [0.717, 1.165) is 31.6 Å². The molecule has 4 nitrogen and oxygen atoms in total. The highest BCUT2D eigenvalue weighted by atomic mass is 16.5. The number of hydrogen-bond acceptors (Lipinski definition) is 3. The van der Waals surface area contributed by atoms with E-state index in [2.05, 4.69) is 19.1 Å². The highest BCUT2D eigenvalue weighted by Crippen LogP contribution is 2.19. The zero-order valence-electron chi connectivity index (χ0n) is 11.3. The number of carboxylic acid groups (broad SMARTS) is 1. The van der Waals surface area contributed by atoms with E-state index in [1.165, 1.54) is 5.56 Å². The topological polar surface area (TPSA) is 49.8 Å². The lowest BCUT2D eigenvalue weighted by atomic mass is 10.2. The Kier molecular flexibility index (Phi) is 4.80. The minimum absolute atomic E-state index is 0.114. The summed E-state index contributed by atoms with van der Waals surface area (Å²) in [6, 6.07) is 8.32. The first kappa shape index (κ1) is 13.9. The van der Waals surface area contributed by atoms with Gasteiger partial charge in [0.05, 0.1) is 6.54 Å². The Hall–Kier alpha value is -1.55. The number of aliphatic carboxylic acids is 1. The number of nitrogens with zero attached hydrogens (tertiary/aromatic N) is 1. The van der Waals surface area contributed by atoms with Gasteiger partial charge in [-0.05, 0) is 43.5 Å². The van der Waals surface area contributed by atoms with Crippen molar-refractivity contribution in [3.8, 4) is 5.75 Å². The maximum atomic E-state index is 10.8. The van der Waals surface area contributed by atoms with E-state index in [9.17, 15) is 4.79 Å². The Balaban J connectivity index is 1.85. The normalized spacial score (nSPS) is 19.5. The Morgan fingerprint density at radius 2 is 2.16 bits per heavy atom. The molecule has 1 aromatic rings. The van der Waals surface area contributed by atoms with Gasteiger partial charge in [-0.25, -0.2) is 0 Å². The molecule has 1 N–H and O–H groups in total. The van der Waals surface area contributed by atoms with E-state index in [4.69, 9.17) is 9.84 Å². The zero-order chi connectivity index (χ0) is 13.7. The van der Waals surface area contributed by atoms with E-state index in [0.29, 0.717) is 6.61 Å². The molecule has 1 aromatic carbocycles. The van der Waals surface area contributed by atoms with Crippen LogP contribution in [0.2, 0.25) is 0 Å². The molecule has 1 atom stereocenters. The standard InChI is InChI=1S/C15H21NO3/c1-2-12-5-7-14(8-6-12)19-11-13-4-3-9-16(13)10-15(17)18/h5-8,13H,2-4,9-11H2,1H3,(H,17,18). The fraction of sp³-hybridized carbons (Fsp3) is 0.533. The van der Waals surface area contributed by atoms with Crippen molar-refractivity contribution in [3.63, 3.8) is 0 Å².